The molecule has 0 fully saturated rings. The molecule has 0 atom stereocenters. The molecule has 0 unspecified atom stereocenters. The minimum Gasteiger partial charge on any atom is -0.392 e. The van der Waals surface area contributed by atoms with Gasteiger partial charge in [-0.05, 0) is 18.6 Å². The van der Waals surface area contributed by atoms with E-state index in [1.165, 1.54) is 17.4 Å². The molecule has 1 aromatic heterocycles. The van der Waals surface area contributed by atoms with Crippen LogP contribution in [0.5, 0.6) is 0 Å². The first-order valence-corrected chi connectivity index (χ1v) is 7.92. The maximum atomic E-state index is 12.1. The maximum absolute atomic E-state index is 12.1. The van der Waals surface area contributed by atoms with Crippen LogP contribution in [0.4, 0.5) is 0 Å². The first-order chi connectivity index (χ1) is 9.03. The summed E-state index contributed by atoms with van der Waals surface area (Å²) in [5.41, 5.74) is 0.380. The highest BCUT2D eigenvalue weighted by molar-refractivity contribution is 7.89. The van der Waals surface area contributed by atoms with E-state index in [-0.39, 0.29) is 18.0 Å². The van der Waals surface area contributed by atoms with Crippen LogP contribution >= 0.6 is 11.3 Å². The summed E-state index contributed by atoms with van der Waals surface area (Å²) in [5, 5.41) is 9.88. The number of benzene rings is 1. The zero-order chi connectivity index (χ0) is 13.9. The van der Waals surface area contributed by atoms with Crippen molar-refractivity contribution in [1.82, 2.24) is 9.71 Å². The minimum absolute atomic E-state index is 0.103. The van der Waals surface area contributed by atoms with Gasteiger partial charge in [-0.25, -0.2) is 18.1 Å². The molecule has 2 rings (SSSR count). The van der Waals surface area contributed by atoms with Crippen LogP contribution in [0.15, 0.2) is 35.4 Å². The topological polar surface area (TPSA) is 79.3 Å². The van der Waals surface area contributed by atoms with Gasteiger partial charge in [-0.3, -0.25) is 0 Å². The number of thiazole rings is 1. The van der Waals surface area contributed by atoms with Gasteiger partial charge in [0.05, 0.1) is 18.0 Å². The molecule has 0 amide bonds. The third-order valence-electron chi connectivity index (χ3n) is 2.52. The first-order valence-electron chi connectivity index (χ1n) is 5.62. The highest BCUT2D eigenvalue weighted by atomic mass is 32.2. The minimum atomic E-state index is -3.64. The van der Waals surface area contributed by atoms with E-state index in [2.05, 4.69) is 9.71 Å². The number of hydrogen-bond donors (Lipinski definition) is 2. The second-order valence-corrected chi connectivity index (χ2v) is 7.01. The number of sulfonamides is 1. The molecule has 0 aliphatic heterocycles. The Morgan fingerprint density at radius 3 is 2.74 bits per heavy atom. The zero-order valence-electron chi connectivity index (χ0n) is 10.3. The Bertz CT molecular complexity index is 665. The molecule has 1 aromatic carbocycles. The van der Waals surface area contributed by atoms with Gasteiger partial charge in [0.25, 0.3) is 0 Å². The third kappa shape index (κ3) is 3.38. The molecule has 7 heteroatoms. The molecular weight excluding hydrogens is 284 g/mol. The molecule has 2 aromatic rings. The summed E-state index contributed by atoms with van der Waals surface area (Å²) in [7, 11) is -3.64. The SMILES string of the molecule is Cc1cnc(CNS(=O)(=O)c2ccccc2CO)s1. The van der Waals surface area contributed by atoms with Crippen LogP contribution in [-0.2, 0) is 23.2 Å². The fraction of sp³-hybridized carbons (Fsp3) is 0.250. The van der Waals surface area contributed by atoms with E-state index >= 15 is 0 Å². The second-order valence-electron chi connectivity index (χ2n) is 3.96. The molecule has 102 valence electrons. The lowest BCUT2D eigenvalue weighted by molar-refractivity contribution is 0.278. The number of nitrogens with one attached hydrogen (secondary N) is 1. The van der Waals surface area contributed by atoms with Gasteiger partial charge in [-0.1, -0.05) is 18.2 Å². The van der Waals surface area contributed by atoms with E-state index in [1.807, 2.05) is 6.92 Å². The van der Waals surface area contributed by atoms with Crippen molar-refractivity contribution in [1.29, 1.82) is 0 Å². The van der Waals surface area contributed by atoms with E-state index in [4.69, 9.17) is 5.11 Å². The third-order valence-corrected chi connectivity index (χ3v) is 4.93. The van der Waals surface area contributed by atoms with E-state index in [0.29, 0.717) is 10.6 Å². The van der Waals surface area contributed by atoms with Crippen LogP contribution in [0.3, 0.4) is 0 Å². The number of nitrogens with zero attached hydrogens (tertiary/aromatic N) is 1. The van der Waals surface area contributed by atoms with Gasteiger partial charge in [-0.15, -0.1) is 11.3 Å². The van der Waals surface area contributed by atoms with Crippen LogP contribution in [0.25, 0.3) is 0 Å². The molecular formula is C12H14N2O3S2. The summed E-state index contributed by atoms with van der Waals surface area (Å²) < 4.78 is 26.8. The highest BCUT2D eigenvalue weighted by Crippen LogP contribution is 2.16. The standard InChI is InChI=1S/C12H14N2O3S2/c1-9-6-13-12(18-9)7-14-19(16,17)11-5-3-2-4-10(11)8-15/h2-6,14-15H,7-8H2,1H3. The molecule has 19 heavy (non-hydrogen) atoms. The summed E-state index contributed by atoms with van der Waals surface area (Å²) in [6, 6.07) is 6.37. The Morgan fingerprint density at radius 1 is 1.37 bits per heavy atom. The van der Waals surface area contributed by atoms with Crippen LogP contribution in [0.1, 0.15) is 15.4 Å². The molecule has 2 N–H and O–H groups in total. The number of aliphatic hydroxyl groups excluding tert-OH is 1. The zero-order valence-corrected chi connectivity index (χ0v) is 12.0. The normalized spacial score (nSPS) is 11.7. The summed E-state index contributed by atoms with van der Waals surface area (Å²) >= 11 is 1.45. The van der Waals surface area contributed by atoms with Crippen molar-refractivity contribution >= 4 is 21.4 Å². The summed E-state index contributed by atoms with van der Waals surface area (Å²) in [6.45, 7) is 1.75. The highest BCUT2D eigenvalue weighted by Gasteiger charge is 2.17. The predicted molar refractivity (Wildman–Crippen MR) is 73.2 cm³/mol. The second kappa shape index (κ2) is 5.79. The van der Waals surface area contributed by atoms with Crippen molar-refractivity contribution in [2.45, 2.75) is 25.0 Å². The first kappa shape index (κ1) is 14.1. The van der Waals surface area contributed by atoms with Crippen LogP contribution in [0, 0.1) is 6.92 Å². The quantitative estimate of drug-likeness (QED) is 0.875. The monoisotopic (exact) mass is 298 g/mol. The number of rotatable bonds is 5. The molecule has 0 saturated carbocycles. The van der Waals surface area contributed by atoms with Crippen molar-refractivity contribution in [3.63, 3.8) is 0 Å². The predicted octanol–water partition coefficient (Wildman–Crippen LogP) is 1.42. The van der Waals surface area contributed by atoms with E-state index in [9.17, 15) is 8.42 Å². The van der Waals surface area contributed by atoms with Crippen molar-refractivity contribution in [2.75, 3.05) is 0 Å². The van der Waals surface area contributed by atoms with Crippen molar-refractivity contribution in [3.05, 3.63) is 45.9 Å². The van der Waals surface area contributed by atoms with E-state index < -0.39 is 10.0 Å². The summed E-state index contributed by atoms with van der Waals surface area (Å²) in [4.78, 5) is 5.23. The Balaban J connectivity index is 2.18. The van der Waals surface area contributed by atoms with Gasteiger partial charge in [0.2, 0.25) is 10.0 Å². The fourth-order valence-corrected chi connectivity index (χ4v) is 3.65. The van der Waals surface area contributed by atoms with Crippen molar-refractivity contribution < 1.29 is 13.5 Å². The number of aliphatic hydroxyl groups is 1. The average molecular weight is 298 g/mol. The largest absolute Gasteiger partial charge is 0.392 e. The molecule has 0 saturated heterocycles. The molecule has 0 radical (unpaired) electrons. The Labute approximate surface area is 116 Å². The van der Waals surface area contributed by atoms with Crippen molar-refractivity contribution in [3.8, 4) is 0 Å². The van der Waals surface area contributed by atoms with Gasteiger partial charge in [0, 0.05) is 11.1 Å². The summed E-state index contributed by atoms with van der Waals surface area (Å²) in [5.74, 6) is 0. The van der Waals surface area contributed by atoms with Crippen LogP contribution in [0.2, 0.25) is 0 Å². The molecule has 0 spiro atoms. The Morgan fingerprint density at radius 2 is 2.11 bits per heavy atom. The number of hydrogen-bond acceptors (Lipinski definition) is 5. The lowest BCUT2D eigenvalue weighted by atomic mass is 10.2. The fourth-order valence-electron chi connectivity index (χ4n) is 1.61. The van der Waals surface area contributed by atoms with E-state index in [1.54, 1.807) is 24.4 Å². The van der Waals surface area contributed by atoms with Gasteiger partial charge < -0.3 is 5.11 Å². The van der Waals surface area contributed by atoms with Crippen LogP contribution in [-0.4, -0.2) is 18.5 Å². The van der Waals surface area contributed by atoms with Crippen molar-refractivity contribution in [2.24, 2.45) is 0 Å². The van der Waals surface area contributed by atoms with Gasteiger partial charge >= 0.3 is 0 Å². The van der Waals surface area contributed by atoms with Gasteiger partial charge in [0.1, 0.15) is 5.01 Å². The molecule has 0 aliphatic carbocycles. The Hall–Kier alpha value is -1.28. The molecule has 0 aliphatic rings. The number of aromatic nitrogens is 1. The average Bonchev–Trinajstić information content (AvgIpc) is 2.82. The van der Waals surface area contributed by atoms with Gasteiger partial charge in [0.15, 0.2) is 0 Å². The van der Waals surface area contributed by atoms with Gasteiger partial charge in [-0.2, -0.15) is 0 Å². The lowest BCUT2D eigenvalue weighted by Crippen LogP contribution is -2.24. The Kier molecular flexibility index (Phi) is 4.31. The smallest absolute Gasteiger partial charge is 0.241 e. The summed E-state index contributed by atoms with van der Waals surface area (Å²) in [6.07, 6.45) is 1.70. The molecule has 5 nitrogen and oxygen atoms in total. The van der Waals surface area contributed by atoms with Crippen LogP contribution < -0.4 is 4.72 Å². The molecule has 1 heterocycles. The molecule has 0 bridgehead atoms. The van der Waals surface area contributed by atoms with E-state index in [0.717, 1.165) is 4.88 Å². The lowest BCUT2D eigenvalue weighted by Gasteiger charge is -2.08. The maximum Gasteiger partial charge on any atom is 0.241 e. The number of aryl methyl sites for hydroxylation is 1.